The van der Waals surface area contributed by atoms with Gasteiger partial charge in [0.05, 0.1) is 12.1 Å². The van der Waals surface area contributed by atoms with E-state index in [9.17, 15) is 30.2 Å². The minimum absolute atomic E-state index is 0. The van der Waals surface area contributed by atoms with Gasteiger partial charge in [-0.2, -0.15) is 5.06 Å². The molecular weight excluding hydrogens is 725 g/mol. The van der Waals surface area contributed by atoms with Crippen molar-refractivity contribution in [3.8, 4) is 17.2 Å². The van der Waals surface area contributed by atoms with E-state index in [1.807, 2.05) is 6.07 Å². The van der Waals surface area contributed by atoms with Crippen LogP contribution in [0.5, 0.6) is 17.2 Å². The number of para-hydroxylation sites is 1. The van der Waals surface area contributed by atoms with Gasteiger partial charge in [0.15, 0.2) is 0 Å². The minimum Gasteiger partial charge on any atom is -0.507 e. The van der Waals surface area contributed by atoms with Gasteiger partial charge in [0.1, 0.15) is 17.2 Å². The molecule has 2 aliphatic rings. The van der Waals surface area contributed by atoms with Crippen LogP contribution in [0.1, 0.15) is 116 Å². The highest BCUT2D eigenvalue weighted by atomic mass is 16.6. The molecule has 3 aromatic carbocycles. The van der Waals surface area contributed by atoms with Crippen LogP contribution in [0.4, 0.5) is 9.59 Å². The highest BCUT2D eigenvalue weighted by Crippen LogP contribution is 2.41. The van der Waals surface area contributed by atoms with Crippen molar-refractivity contribution in [2.24, 2.45) is 5.73 Å². The first kappa shape index (κ1) is 47.0. The fourth-order valence-electron chi connectivity index (χ4n) is 6.99. The smallest absolute Gasteiger partial charge is 0.439 e. The molecule has 0 radical (unpaired) electrons. The topological polar surface area (TPSA) is 198 Å². The number of amides is 3. The molecule has 316 valence electrons. The van der Waals surface area contributed by atoms with Gasteiger partial charge in [-0.25, -0.2) is 14.7 Å². The maximum atomic E-state index is 12.2. The summed E-state index contributed by atoms with van der Waals surface area (Å²) in [6.07, 6.45) is -0.773. The van der Waals surface area contributed by atoms with E-state index in [1.54, 1.807) is 24.3 Å². The third kappa shape index (κ3) is 11.8. The Morgan fingerprint density at radius 2 is 0.947 bits per heavy atom. The van der Waals surface area contributed by atoms with E-state index in [1.165, 1.54) is 0 Å². The van der Waals surface area contributed by atoms with Crippen LogP contribution in [0.25, 0.3) is 0 Å². The van der Waals surface area contributed by atoms with Crippen LogP contribution in [0, 0.1) is 0 Å². The summed E-state index contributed by atoms with van der Waals surface area (Å²) in [7, 11) is 0. The Morgan fingerprint density at radius 3 is 1.25 bits per heavy atom. The Bertz CT molecular complexity index is 1780. The maximum absolute atomic E-state index is 12.2. The lowest BCUT2D eigenvalue weighted by Crippen LogP contribution is -2.60. The Labute approximate surface area is 339 Å². The first-order valence-corrected chi connectivity index (χ1v) is 19.4. The quantitative estimate of drug-likeness (QED) is 0.100. The summed E-state index contributed by atoms with van der Waals surface area (Å²) in [6, 6.07) is 15.6. The molecule has 0 spiro atoms. The summed E-state index contributed by atoms with van der Waals surface area (Å²) in [5.74, 6) is 1.15. The summed E-state index contributed by atoms with van der Waals surface area (Å²) in [4.78, 5) is 27.5. The third-order valence-electron chi connectivity index (χ3n) is 10.3. The Balaban J connectivity index is 0.000000307. The van der Waals surface area contributed by atoms with Crippen molar-refractivity contribution < 1.29 is 35.0 Å². The van der Waals surface area contributed by atoms with Crippen molar-refractivity contribution in [3.05, 3.63) is 88.0 Å². The summed E-state index contributed by atoms with van der Waals surface area (Å²) in [5, 5.41) is 42.7. The van der Waals surface area contributed by atoms with Gasteiger partial charge in [-0.15, -0.1) is 0 Å². The minimum atomic E-state index is -0.820. The van der Waals surface area contributed by atoms with Gasteiger partial charge in [-0.05, 0) is 67.2 Å². The molecule has 2 aliphatic heterocycles. The largest absolute Gasteiger partial charge is 0.507 e. The van der Waals surface area contributed by atoms with Crippen LogP contribution >= 0.6 is 0 Å². The highest BCUT2D eigenvalue weighted by Gasteiger charge is 2.37. The number of nitrogens with two attached hydrogens (primary N) is 1. The molecule has 2 saturated heterocycles. The van der Waals surface area contributed by atoms with Gasteiger partial charge < -0.3 is 26.8 Å². The molecule has 3 aromatic rings. The number of nitrogens with zero attached hydrogens (tertiary/aromatic N) is 4. The van der Waals surface area contributed by atoms with Crippen LogP contribution in [-0.2, 0) is 34.7 Å². The van der Waals surface area contributed by atoms with E-state index in [0.29, 0.717) is 66.6 Å². The normalized spacial score (nSPS) is 15.7. The number of phenolic OH excluding ortho intramolecular Hbond substituents is 2. The summed E-state index contributed by atoms with van der Waals surface area (Å²) < 4.78 is 5.20. The first-order valence-electron chi connectivity index (χ1n) is 19.4. The Morgan fingerprint density at radius 1 is 0.632 bits per heavy atom. The summed E-state index contributed by atoms with van der Waals surface area (Å²) in [5.41, 5.74) is 10.4. The number of aromatic hydroxyl groups is 2. The Kier molecular flexibility index (Phi) is 14.5. The number of benzene rings is 3. The van der Waals surface area contributed by atoms with Crippen LogP contribution in [-0.4, -0.2) is 90.9 Å². The molecule has 0 aliphatic carbocycles. The number of ether oxygens (including phenoxy) is 1. The van der Waals surface area contributed by atoms with Crippen molar-refractivity contribution in [2.75, 3.05) is 26.2 Å². The lowest BCUT2D eigenvalue weighted by molar-refractivity contribution is -0.134. The van der Waals surface area contributed by atoms with Crippen LogP contribution in [0.2, 0.25) is 0 Å². The fourth-order valence-corrected chi connectivity index (χ4v) is 6.99. The molecular formula is C44H68N6O7. The number of carbonyl (C=O) groups is 2. The molecule has 13 heteroatoms. The number of likely N-dealkylation sites (tertiary alicyclic amines) is 2. The SMILES string of the molecule is CC(C)(C)c1cc(CN2CC(N(O)C(=O)Oc3ccccc3)C2)cc(C(C)(C)C)c1O.CC(C)(C)c1cc(CN2CC(N(O)C(N)=O)C2)cc(C(C)(C)C)c1O.N. The lowest BCUT2D eigenvalue weighted by Gasteiger charge is -2.42. The first-order chi connectivity index (χ1) is 25.7. The number of primary amides is 1. The predicted molar refractivity (Wildman–Crippen MR) is 223 cm³/mol. The second-order valence-corrected chi connectivity index (χ2v) is 19.5. The number of rotatable bonds is 7. The van der Waals surface area contributed by atoms with E-state index in [-0.39, 0.29) is 39.9 Å². The van der Waals surface area contributed by atoms with Gasteiger partial charge >= 0.3 is 12.1 Å². The standard InChI is InChI=1S/C25H34N2O4.C19H31N3O3.H3N/c1-24(2,3)20-12-17(13-21(22(20)28)25(4,5)6)14-26-15-18(16-26)27(30)23(29)31-19-10-8-7-9-11-19;1-18(2,3)14-7-12(8-15(16(14)23)19(4,5)6)9-21-10-13(11-21)22(25)17(20)24;/h7-13,18,28,30H,14-16H2,1-6H3;7-8,13,23,25H,9-11H2,1-6H3,(H2,20,24);1H3. The zero-order valence-corrected chi connectivity index (χ0v) is 36.2. The number of carbonyl (C=O) groups excluding carboxylic acids is 2. The summed E-state index contributed by atoms with van der Waals surface area (Å²) >= 11 is 0. The number of urea groups is 1. The van der Waals surface area contributed by atoms with Gasteiger partial charge in [-0.3, -0.25) is 20.2 Å². The molecule has 9 N–H and O–H groups in total. The van der Waals surface area contributed by atoms with E-state index in [2.05, 4.69) is 117 Å². The van der Waals surface area contributed by atoms with Crippen molar-refractivity contribution in [3.63, 3.8) is 0 Å². The van der Waals surface area contributed by atoms with Crippen molar-refractivity contribution in [1.29, 1.82) is 0 Å². The van der Waals surface area contributed by atoms with E-state index in [4.69, 9.17) is 10.5 Å². The number of hydrogen-bond acceptors (Lipinski definition) is 10. The number of hydrogen-bond donors (Lipinski definition) is 6. The van der Waals surface area contributed by atoms with Crippen LogP contribution in [0.3, 0.4) is 0 Å². The molecule has 0 bridgehead atoms. The molecule has 13 nitrogen and oxygen atoms in total. The molecule has 57 heavy (non-hydrogen) atoms. The molecule has 0 unspecified atom stereocenters. The van der Waals surface area contributed by atoms with Crippen molar-refractivity contribution >= 4 is 12.1 Å². The second kappa shape index (κ2) is 17.6. The molecule has 0 atom stereocenters. The van der Waals surface area contributed by atoms with Crippen molar-refractivity contribution in [1.82, 2.24) is 26.1 Å². The van der Waals surface area contributed by atoms with Gasteiger partial charge in [0.2, 0.25) is 0 Å². The molecule has 2 heterocycles. The predicted octanol–water partition coefficient (Wildman–Crippen LogP) is 8.16. The van der Waals surface area contributed by atoms with Gasteiger partial charge in [0.25, 0.3) is 0 Å². The maximum Gasteiger partial charge on any atom is 0.439 e. The summed E-state index contributed by atoms with van der Waals surface area (Å²) in [6.45, 7) is 28.8. The lowest BCUT2D eigenvalue weighted by atomic mass is 9.78. The average Bonchev–Trinajstić information content (AvgIpc) is 3.03. The molecule has 2 fully saturated rings. The average molecular weight is 793 g/mol. The Hall–Kier alpha value is -4.40. The fraction of sp³-hybridized carbons (Fsp3) is 0.545. The van der Waals surface area contributed by atoms with Gasteiger partial charge in [0, 0.05) is 39.3 Å². The van der Waals surface area contributed by atoms with Crippen molar-refractivity contribution in [2.45, 2.75) is 130 Å². The highest BCUT2D eigenvalue weighted by molar-refractivity contribution is 5.71. The molecule has 0 aromatic heterocycles. The number of hydroxylamine groups is 4. The molecule has 0 saturated carbocycles. The van der Waals surface area contributed by atoms with Crippen LogP contribution < -0.4 is 16.6 Å². The number of phenols is 2. The molecule has 3 amide bonds. The molecule has 5 rings (SSSR count). The van der Waals surface area contributed by atoms with E-state index < -0.39 is 12.1 Å². The van der Waals surface area contributed by atoms with Crippen LogP contribution in [0.15, 0.2) is 54.6 Å². The third-order valence-corrected chi connectivity index (χ3v) is 10.3. The van der Waals surface area contributed by atoms with E-state index in [0.717, 1.165) is 33.4 Å². The monoisotopic (exact) mass is 793 g/mol. The second-order valence-electron chi connectivity index (χ2n) is 19.5. The van der Waals surface area contributed by atoms with Gasteiger partial charge in [-0.1, -0.05) is 126 Å². The zero-order valence-electron chi connectivity index (χ0n) is 36.2. The zero-order chi connectivity index (χ0) is 42.1. The van der Waals surface area contributed by atoms with E-state index >= 15 is 0 Å².